The highest BCUT2D eigenvalue weighted by atomic mass is 32.2. The zero-order valence-corrected chi connectivity index (χ0v) is 18.9. The molecule has 2 saturated carbocycles. The molecule has 3 fully saturated rings. The molecule has 5 rings (SSSR count). The van der Waals surface area contributed by atoms with Gasteiger partial charge in [-0.3, -0.25) is 4.79 Å². The van der Waals surface area contributed by atoms with Crippen LogP contribution in [0.2, 0.25) is 0 Å². The smallest absolute Gasteiger partial charge is 0.226 e. The fourth-order valence-corrected chi connectivity index (χ4v) is 5.97. The van der Waals surface area contributed by atoms with Crippen LogP contribution in [-0.2, 0) is 21.2 Å². The average Bonchev–Trinajstić information content (AvgIpc) is 3.67. The van der Waals surface area contributed by atoms with Crippen molar-refractivity contribution in [2.24, 2.45) is 11.8 Å². The van der Waals surface area contributed by atoms with Gasteiger partial charge in [0.05, 0.1) is 11.8 Å². The number of piperidine rings is 1. The van der Waals surface area contributed by atoms with Crippen molar-refractivity contribution >= 4 is 15.9 Å². The number of sulfonamides is 1. The summed E-state index contributed by atoms with van der Waals surface area (Å²) in [6.45, 7) is 1.55. The van der Waals surface area contributed by atoms with Crippen molar-refractivity contribution in [3.05, 3.63) is 59.4 Å². The zero-order chi connectivity index (χ0) is 23.5. The van der Waals surface area contributed by atoms with Gasteiger partial charge in [0.25, 0.3) is 0 Å². The summed E-state index contributed by atoms with van der Waals surface area (Å²) in [4.78, 5) is 14.8. The van der Waals surface area contributed by atoms with Gasteiger partial charge in [0, 0.05) is 29.6 Å². The van der Waals surface area contributed by atoms with Crippen LogP contribution in [0.3, 0.4) is 0 Å². The monoisotopic (exact) mass is 478 g/mol. The molecule has 4 atom stereocenters. The van der Waals surface area contributed by atoms with E-state index in [0.29, 0.717) is 0 Å². The van der Waals surface area contributed by atoms with Crippen LogP contribution in [0.4, 0.5) is 13.2 Å². The van der Waals surface area contributed by atoms with Crippen molar-refractivity contribution in [3.63, 3.8) is 0 Å². The Kier molecular flexibility index (Phi) is 5.52. The third-order valence-corrected chi connectivity index (χ3v) is 8.34. The van der Waals surface area contributed by atoms with E-state index in [0.717, 1.165) is 37.5 Å². The molecule has 0 bridgehead atoms. The number of halogens is 3. The molecule has 9 heteroatoms. The van der Waals surface area contributed by atoms with Crippen molar-refractivity contribution in [1.29, 1.82) is 0 Å². The number of likely N-dealkylation sites (tertiary alicyclic amines) is 1. The minimum atomic E-state index is -3.52. The topological polar surface area (TPSA) is 66.5 Å². The second-order valence-corrected chi connectivity index (χ2v) is 11.3. The first kappa shape index (κ1) is 22.4. The SMILES string of the molecule is CCS(=O)(=O)N[C@H]1[C@@H]2C[C@@H]2N(C(=O)C2CC2)[C@H]1Cc1cccc(-c2cc(F)cc(F)c2)c1F. The maximum Gasteiger partial charge on any atom is 0.226 e. The molecule has 1 N–H and O–H groups in total. The largest absolute Gasteiger partial charge is 0.334 e. The van der Waals surface area contributed by atoms with E-state index in [4.69, 9.17) is 0 Å². The molecule has 0 spiro atoms. The summed E-state index contributed by atoms with van der Waals surface area (Å²) in [5.74, 6) is -2.33. The summed E-state index contributed by atoms with van der Waals surface area (Å²) in [7, 11) is -3.52. The van der Waals surface area contributed by atoms with Crippen LogP contribution in [0.25, 0.3) is 11.1 Å². The van der Waals surface area contributed by atoms with Gasteiger partial charge in [0.1, 0.15) is 17.5 Å². The highest BCUT2D eigenvalue weighted by Crippen LogP contribution is 2.51. The number of benzene rings is 2. The number of rotatable bonds is 7. The zero-order valence-electron chi connectivity index (χ0n) is 18.1. The molecule has 1 amide bonds. The quantitative estimate of drug-likeness (QED) is 0.661. The molecule has 0 aromatic heterocycles. The van der Waals surface area contributed by atoms with E-state index in [1.54, 1.807) is 24.0 Å². The third kappa shape index (κ3) is 4.28. The van der Waals surface area contributed by atoms with Crippen LogP contribution in [-0.4, -0.2) is 43.1 Å². The Bertz CT molecular complexity index is 1200. The number of amides is 1. The summed E-state index contributed by atoms with van der Waals surface area (Å²) >= 11 is 0. The van der Waals surface area contributed by atoms with E-state index < -0.39 is 39.6 Å². The first-order valence-electron chi connectivity index (χ1n) is 11.2. The summed E-state index contributed by atoms with van der Waals surface area (Å²) in [5.41, 5.74) is 0.410. The molecule has 1 saturated heterocycles. The van der Waals surface area contributed by atoms with E-state index in [9.17, 15) is 22.0 Å². The lowest BCUT2D eigenvalue weighted by Gasteiger charge is -2.32. The van der Waals surface area contributed by atoms with E-state index in [1.807, 2.05) is 0 Å². The van der Waals surface area contributed by atoms with Crippen LogP contribution >= 0.6 is 0 Å². The van der Waals surface area contributed by atoms with Crippen LogP contribution < -0.4 is 4.72 Å². The summed E-state index contributed by atoms with van der Waals surface area (Å²) in [6, 6.07) is 6.44. The van der Waals surface area contributed by atoms with Gasteiger partial charge in [-0.25, -0.2) is 26.3 Å². The Labute approximate surface area is 191 Å². The number of nitrogens with zero attached hydrogens (tertiary/aromatic N) is 1. The highest BCUT2D eigenvalue weighted by molar-refractivity contribution is 7.89. The van der Waals surface area contributed by atoms with Crippen molar-refractivity contribution in [3.8, 4) is 11.1 Å². The minimum absolute atomic E-state index is 0.00876. The van der Waals surface area contributed by atoms with E-state index in [2.05, 4.69) is 4.72 Å². The maximum atomic E-state index is 15.5. The van der Waals surface area contributed by atoms with E-state index >= 15 is 4.39 Å². The van der Waals surface area contributed by atoms with E-state index in [-0.39, 0.29) is 52.6 Å². The lowest BCUT2D eigenvalue weighted by Crippen LogP contribution is -2.51. The average molecular weight is 479 g/mol. The Morgan fingerprint density at radius 3 is 2.45 bits per heavy atom. The van der Waals surface area contributed by atoms with Crippen LogP contribution in [0.1, 0.15) is 31.7 Å². The predicted molar refractivity (Wildman–Crippen MR) is 117 cm³/mol. The normalized spacial score (nSPS) is 26.4. The number of carbonyl (C=O) groups excluding carboxylic acids is 1. The minimum Gasteiger partial charge on any atom is -0.334 e. The van der Waals surface area contributed by atoms with Crippen LogP contribution in [0, 0.1) is 29.3 Å². The Morgan fingerprint density at radius 1 is 1.12 bits per heavy atom. The standard InChI is InChI=1S/C24H25F3N2O3S/c1-2-33(31,32)28-23-19-12-20(19)29(24(30)13-6-7-13)21(23)10-14-4-3-5-18(22(14)27)15-8-16(25)11-17(26)9-15/h3-5,8-9,11,13,19-21,23,28H,2,6-7,10,12H2,1H3/t19-,20+,21+,23+/m1/s1. The molecule has 3 aliphatic rings. The van der Waals surface area contributed by atoms with Crippen molar-refractivity contribution in [2.45, 2.75) is 50.7 Å². The molecule has 2 aliphatic carbocycles. The predicted octanol–water partition coefficient (Wildman–Crippen LogP) is 3.63. The first-order chi connectivity index (χ1) is 15.7. The fraction of sp³-hybridized carbons (Fsp3) is 0.458. The number of nitrogens with one attached hydrogen (secondary N) is 1. The molecule has 2 aromatic carbocycles. The Morgan fingerprint density at radius 2 is 1.82 bits per heavy atom. The number of carbonyl (C=O) groups is 1. The van der Waals surface area contributed by atoms with Gasteiger partial charge in [-0.15, -0.1) is 0 Å². The van der Waals surface area contributed by atoms with Crippen molar-refractivity contribution in [1.82, 2.24) is 9.62 Å². The van der Waals surface area contributed by atoms with Gasteiger partial charge in [-0.2, -0.15) is 0 Å². The van der Waals surface area contributed by atoms with Gasteiger partial charge >= 0.3 is 0 Å². The molecule has 33 heavy (non-hydrogen) atoms. The van der Waals surface area contributed by atoms with Crippen molar-refractivity contribution < 1.29 is 26.4 Å². The number of fused-ring (bicyclic) bond motifs is 1. The third-order valence-electron chi connectivity index (χ3n) is 6.95. The molecule has 1 aliphatic heterocycles. The van der Waals surface area contributed by atoms with Crippen molar-refractivity contribution in [2.75, 3.05) is 5.75 Å². The maximum absolute atomic E-state index is 15.5. The van der Waals surface area contributed by atoms with Gasteiger partial charge in [-0.05, 0) is 61.8 Å². The molecule has 176 valence electrons. The van der Waals surface area contributed by atoms with Crippen LogP contribution in [0.15, 0.2) is 36.4 Å². The second-order valence-electron chi connectivity index (χ2n) is 9.24. The molecular formula is C24H25F3N2O3S. The highest BCUT2D eigenvalue weighted by Gasteiger charge is 2.61. The molecule has 2 aromatic rings. The number of hydrogen-bond donors (Lipinski definition) is 1. The summed E-state index contributed by atoms with van der Waals surface area (Å²) < 4.78 is 70.4. The van der Waals surface area contributed by atoms with Gasteiger partial charge < -0.3 is 4.90 Å². The van der Waals surface area contributed by atoms with Gasteiger partial charge in [0.2, 0.25) is 15.9 Å². The molecular weight excluding hydrogens is 453 g/mol. The van der Waals surface area contributed by atoms with Gasteiger partial charge in [0.15, 0.2) is 0 Å². The van der Waals surface area contributed by atoms with Gasteiger partial charge in [-0.1, -0.05) is 18.2 Å². The lowest BCUT2D eigenvalue weighted by atomic mass is 9.94. The van der Waals surface area contributed by atoms with Crippen LogP contribution in [0.5, 0.6) is 0 Å². The first-order valence-corrected chi connectivity index (χ1v) is 12.9. The molecule has 1 heterocycles. The second kappa shape index (κ2) is 8.13. The van der Waals surface area contributed by atoms with E-state index in [1.165, 1.54) is 6.07 Å². The molecule has 0 unspecified atom stereocenters. The number of hydrogen-bond acceptors (Lipinski definition) is 3. The molecule has 5 nitrogen and oxygen atoms in total. The summed E-state index contributed by atoms with van der Waals surface area (Å²) in [5, 5.41) is 0. The fourth-order valence-electron chi connectivity index (χ4n) is 5.06. The summed E-state index contributed by atoms with van der Waals surface area (Å²) in [6.07, 6.45) is 2.48. The Hall–Kier alpha value is -2.39. The molecule has 0 radical (unpaired) electrons. The Balaban J connectivity index is 1.49. The lowest BCUT2D eigenvalue weighted by molar-refractivity contribution is -0.134.